The molecule has 0 unspecified atom stereocenters. The van der Waals surface area contributed by atoms with Crippen LogP contribution in [0.4, 0.5) is 18.9 Å². The van der Waals surface area contributed by atoms with Gasteiger partial charge in [0.15, 0.2) is 23.2 Å². The summed E-state index contributed by atoms with van der Waals surface area (Å²) in [6, 6.07) is 6.49. The Labute approximate surface area is 152 Å². The summed E-state index contributed by atoms with van der Waals surface area (Å²) in [5.41, 5.74) is 1.46. The van der Waals surface area contributed by atoms with Crippen LogP contribution in [-0.4, -0.2) is 31.2 Å². The number of benzene rings is 2. The van der Waals surface area contributed by atoms with Crippen LogP contribution in [0.2, 0.25) is 0 Å². The molecule has 1 aliphatic heterocycles. The first kappa shape index (κ1) is 18.6. The molecular formula is C19H15F3N2O3. The van der Waals surface area contributed by atoms with Crippen molar-refractivity contribution in [3.63, 3.8) is 0 Å². The summed E-state index contributed by atoms with van der Waals surface area (Å²) < 4.78 is 39.7. The average Bonchev–Trinajstić information content (AvgIpc) is 3.08. The van der Waals surface area contributed by atoms with Crippen LogP contribution in [0, 0.1) is 17.5 Å². The van der Waals surface area contributed by atoms with Gasteiger partial charge in [-0.3, -0.25) is 14.4 Å². The van der Waals surface area contributed by atoms with Crippen molar-refractivity contribution in [2.75, 3.05) is 18.0 Å². The van der Waals surface area contributed by atoms with Gasteiger partial charge in [-0.15, -0.1) is 0 Å². The highest BCUT2D eigenvalue weighted by Gasteiger charge is 2.21. The van der Waals surface area contributed by atoms with E-state index in [1.807, 2.05) is 0 Å². The predicted molar refractivity (Wildman–Crippen MR) is 91.2 cm³/mol. The second-order valence-corrected chi connectivity index (χ2v) is 6.04. The molecule has 0 bridgehead atoms. The summed E-state index contributed by atoms with van der Waals surface area (Å²) in [4.78, 5) is 36.6. The Bertz CT molecular complexity index is 931. The second kappa shape index (κ2) is 7.61. The third-order valence-electron chi connectivity index (χ3n) is 4.38. The van der Waals surface area contributed by atoms with Gasteiger partial charge >= 0.3 is 0 Å². The minimum atomic E-state index is -1.72. The molecule has 2 aromatic rings. The summed E-state index contributed by atoms with van der Waals surface area (Å²) >= 11 is 0. The number of halogens is 3. The summed E-state index contributed by atoms with van der Waals surface area (Å²) in [5.74, 6) is -5.86. The molecule has 1 aliphatic rings. The molecule has 0 atom stereocenters. The first-order valence-corrected chi connectivity index (χ1v) is 8.22. The number of rotatable bonds is 6. The normalized spacial score (nSPS) is 12.6. The summed E-state index contributed by atoms with van der Waals surface area (Å²) in [5, 5.41) is 2.31. The summed E-state index contributed by atoms with van der Waals surface area (Å²) in [7, 11) is 0. The Kier molecular flexibility index (Phi) is 5.25. The molecule has 140 valence electrons. The molecule has 0 saturated carbocycles. The van der Waals surface area contributed by atoms with Crippen molar-refractivity contribution in [3.8, 4) is 0 Å². The largest absolute Gasteiger partial charge is 0.351 e. The number of anilines is 1. The van der Waals surface area contributed by atoms with E-state index in [2.05, 4.69) is 5.32 Å². The molecular weight excluding hydrogens is 361 g/mol. The van der Waals surface area contributed by atoms with Gasteiger partial charge in [0.1, 0.15) is 0 Å². The Balaban J connectivity index is 1.60. The van der Waals surface area contributed by atoms with Crippen molar-refractivity contribution in [1.29, 1.82) is 0 Å². The molecule has 27 heavy (non-hydrogen) atoms. The predicted octanol–water partition coefficient (Wildman–Crippen LogP) is 2.63. The van der Waals surface area contributed by atoms with Crippen LogP contribution in [0.3, 0.4) is 0 Å². The molecule has 0 aromatic heterocycles. The van der Waals surface area contributed by atoms with E-state index in [1.54, 1.807) is 23.1 Å². The number of ketones is 1. The van der Waals surface area contributed by atoms with Gasteiger partial charge < -0.3 is 10.2 Å². The molecule has 2 amide bonds. The van der Waals surface area contributed by atoms with Crippen LogP contribution in [-0.2, 0) is 11.2 Å². The smallest absolute Gasteiger partial charge is 0.254 e. The topological polar surface area (TPSA) is 66.5 Å². The van der Waals surface area contributed by atoms with E-state index in [0.29, 0.717) is 24.6 Å². The first-order chi connectivity index (χ1) is 12.9. The quantitative estimate of drug-likeness (QED) is 0.479. The molecule has 3 rings (SSSR count). The van der Waals surface area contributed by atoms with E-state index in [0.717, 1.165) is 23.7 Å². The molecule has 0 radical (unpaired) electrons. The lowest BCUT2D eigenvalue weighted by atomic mass is 10.0. The number of Topliss-reactive ketones (excluding diaryl/α,β-unsaturated/α-hetero) is 1. The number of nitrogens with zero attached hydrogens (tertiary/aromatic N) is 1. The summed E-state index contributed by atoms with van der Waals surface area (Å²) in [6.07, 6.45) is 1.34. The minimum Gasteiger partial charge on any atom is -0.351 e. The van der Waals surface area contributed by atoms with Crippen LogP contribution in [0.1, 0.15) is 32.7 Å². The fourth-order valence-corrected chi connectivity index (χ4v) is 2.94. The van der Waals surface area contributed by atoms with Crippen LogP contribution in [0.5, 0.6) is 0 Å². The van der Waals surface area contributed by atoms with Crippen LogP contribution < -0.4 is 10.2 Å². The van der Waals surface area contributed by atoms with Gasteiger partial charge in [0.2, 0.25) is 6.41 Å². The number of hydrogen-bond donors (Lipinski definition) is 1. The second-order valence-electron chi connectivity index (χ2n) is 6.04. The zero-order valence-corrected chi connectivity index (χ0v) is 14.1. The molecule has 0 aliphatic carbocycles. The molecule has 1 heterocycles. The SMILES string of the molecule is O=CN1CCc2cc(C(=O)CCNC(=O)c3ccc(F)c(F)c3F)ccc21. The van der Waals surface area contributed by atoms with E-state index >= 15 is 0 Å². The van der Waals surface area contributed by atoms with Crippen LogP contribution in [0.15, 0.2) is 30.3 Å². The van der Waals surface area contributed by atoms with Crippen molar-refractivity contribution in [1.82, 2.24) is 5.32 Å². The third-order valence-corrected chi connectivity index (χ3v) is 4.38. The third kappa shape index (κ3) is 3.69. The number of carbonyl (C=O) groups excluding carboxylic acids is 3. The van der Waals surface area contributed by atoms with Crippen molar-refractivity contribution in [3.05, 3.63) is 64.5 Å². The Morgan fingerprint density at radius 2 is 1.89 bits per heavy atom. The van der Waals surface area contributed by atoms with Crippen LogP contribution >= 0.6 is 0 Å². The van der Waals surface area contributed by atoms with Crippen molar-refractivity contribution in [2.24, 2.45) is 0 Å². The Hall–Kier alpha value is -3.16. The number of carbonyl (C=O) groups is 3. The van der Waals surface area contributed by atoms with E-state index in [-0.39, 0.29) is 18.7 Å². The Morgan fingerprint density at radius 1 is 1.11 bits per heavy atom. The average molecular weight is 376 g/mol. The lowest BCUT2D eigenvalue weighted by molar-refractivity contribution is -0.107. The summed E-state index contributed by atoms with van der Waals surface area (Å²) in [6.45, 7) is 0.472. The standard InChI is InChI=1S/C19H15F3N2O3/c20-14-3-2-13(17(21)18(14)22)19(27)23-7-5-16(26)12-1-4-15-11(9-12)6-8-24(15)10-25/h1-4,9-10H,5-8H2,(H,23,27). The van der Waals surface area contributed by atoms with Gasteiger partial charge in [0, 0.05) is 30.8 Å². The lowest BCUT2D eigenvalue weighted by Gasteiger charge is -2.10. The molecule has 1 N–H and O–H groups in total. The van der Waals surface area contributed by atoms with E-state index in [9.17, 15) is 27.6 Å². The van der Waals surface area contributed by atoms with Crippen LogP contribution in [0.25, 0.3) is 0 Å². The zero-order valence-electron chi connectivity index (χ0n) is 14.1. The maximum Gasteiger partial charge on any atom is 0.254 e. The van der Waals surface area contributed by atoms with Gasteiger partial charge in [0.05, 0.1) is 5.56 Å². The van der Waals surface area contributed by atoms with Crippen molar-refractivity contribution < 1.29 is 27.6 Å². The zero-order chi connectivity index (χ0) is 19.6. The molecule has 2 aromatic carbocycles. The highest BCUT2D eigenvalue weighted by atomic mass is 19.2. The van der Waals surface area contributed by atoms with Crippen molar-refractivity contribution >= 4 is 23.8 Å². The van der Waals surface area contributed by atoms with Gasteiger partial charge in [-0.25, -0.2) is 13.2 Å². The Morgan fingerprint density at radius 3 is 2.63 bits per heavy atom. The number of hydrogen-bond acceptors (Lipinski definition) is 3. The number of amides is 2. The maximum absolute atomic E-state index is 13.6. The van der Waals surface area contributed by atoms with Gasteiger partial charge in [-0.2, -0.15) is 0 Å². The molecule has 8 heteroatoms. The maximum atomic E-state index is 13.6. The fraction of sp³-hybridized carbons (Fsp3) is 0.211. The van der Waals surface area contributed by atoms with E-state index in [4.69, 9.17) is 0 Å². The molecule has 0 spiro atoms. The lowest BCUT2D eigenvalue weighted by Crippen LogP contribution is -2.27. The molecule has 0 saturated heterocycles. The monoisotopic (exact) mass is 376 g/mol. The van der Waals surface area contributed by atoms with Gasteiger partial charge in [-0.1, -0.05) is 0 Å². The van der Waals surface area contributed by atoms with Crippen molar-refractivity contribution in [2.45, 2.75) is 12.8 Å². The van der Waals surface area contributed by atoms with Gasteiger partial charge in [-0.05, 0) is 42.3 Å². The minimum absolute atomic E-state index is 0.0484. The molecule has 5 nitrogen and oxygen atoms in total. The first-order valence-electron chi connectivity index (χ1n) is 8.22. The highest BCUT2D eigenvalue weighted by Crippen LogP contribution is 2.28. The van der Waals surface area contributed by atoms with E-state index in [1.165, 1.54) is 0 Å². The molecule has 0 fully saturated rings. The van der Waals surface area contributed by atoms with Gasteiger partial charge in [0.25, 0.3) is 5.91 Å². The highest BCUT2D eigenvalue weighted by molar-refractivity contribution is 5.98. The fourth-order valence-electron chi connectivity index (χ4n) is 2.94. The number of fused-ring (bicyclic) bond motifs is 1. The van der Waals surface area contributed by atoms with E-state index < -0.39 is 28.9 Å². The number of nitrogens with one attached hydrogen (secondary N) is 1.